The minimum atomic E-state index is -0.557. The summed E-state index contributed by atoms with van der Waals surface area (Å²) < 4.78 is 25.2. The summed E-state index contributed by atoms with van der Waals surface area (Å²) in [6, 6.07) is 7.68. The van der Waals surface area contributed by atoms with Crippen molar-refractivity contribution < 1.29 is 18.7 Å². The topological polar surface area (TPSA) is 126 Å². The second-order valence-corrected chi connectivity index (χ2v) is 6.52. The van der Waals surface area contributed by atoms with Crippen LogP contribution in [0.3, 0.4) is 0 Å². The summed E-state index contributed by atoms with van der Waals surface area (Å²) in [5.41, 5.74) is 18.9. The first kappa shape index (κ1) is 19.3. The van der Waals surface area contributed by atoms with E-state index in [4.69, 9.17) is 26.7 Å². The molecule has 7 nitrogen and oxygen atoms in total. The number of hydrogen-bond acceptors (Lipinski definition) is 6. The first-order valence-electron chi connectivity index (χ1n) is 8.74. The van der Waals surface area contributed by atoms with E-state index in [2.05, 4.69) is 5.32 Å². The molecule has 7 N–H and O–H groups in total. The lowest BCUT2D eigenvalue weighted by molar-refractivity contribution is -0.117. The van der Waals surface area contributed by atoms with Crippen LogP contribution in [0, 0.1) is 5.82 Å². The quantitative estimate of drug-likeness (QED) is 0.444. The van der Waals surface area contributed by atoms with Crippen molar-refractivity contribution in [1.29, 1.82) is 0 Å². The third-order valence-electron chi connectivity index (χ3n) is 4.61. The number of nitrogen functional groups attached to an aromatic ring is 1. The minimum Gasteiger partial charge on any atom is -0.497 e. The smallest absolute Gasteiger partial charge is 0.269 e. The molecule has 1 fully saturated rings. The number of hydrogen-bond donors (Lipinski definition) is 4. The van der Waals surface area contributed by atoms with Gasteiger partial charge in [0.25, 0.3) is 5.91 Å². The number of carbonyl (C=O) groups excluding carboxylic acids is 1. The van der Waals surface area contributed by atoms with Crippen molar-refractivity contribution in [3.05, 3.63) is 47.4 Å². The Hall–Kier alpha value is -3.42. The summed E-state index contributed by atoms with van der Waals surface area (Å²) in [4.78, 5) is 12.2. The van der Waals surface area contributed by atoms with Gasteiger partial charge in [0.1, 0.15) is 23.0 Å². The van der Waals surface area contributed by atoms with Crippen LogP contribution in [0.4, 0.5) is 10.1 Å². The van der Waals surface area contributed by atoms with Crippen molar-refractivity contribution in [2.75, 3.05) is 20.0 Å². The average Bonchev–Trinajstić information content (AvgIpc) is 3.51. The number of ether oxygens (including phenoxy) is 2. The van der Waals surface area contributed by atoms with Crippen molar-refractivity contribution in [2.24, 2.45) is 11.5 Å². The molecule has 0 saturated heterocycles. The van der Waals surface area contributed by atoms with Crippen LogP contribution in [-0.4, -0.2) is 26.2 Å². The Bertz CT molecular complexity index is 955. The molecule has 1 aliphatic carbocycles. The van der Waals surface area contributed by atoms with Crippen molar-refractivity contribution in [3.8, 4) is 22.6 Å². The fourth-order valence-electron chi connectivity index (χ4n) is 2.86. The molecule has 28 heavy (non-hydrogen) atoms. The summed E-state index contributed by atoms with van der Waals surface area (Å²) in [5.74, 6) is -0.0916. The van der Waals surface area contributed by atoms with Gasteiger partial charge in [-0.2, -0.15) is 0 Å². The number of nitrogens with two attached hydrogens (primary N) is 3. The maximum Gasteiger partial charge on any atom is 0.269 e. The highest BCUT2D eigenvalue weighted by molar-refractivity contribution is 6.02. The van der Waals surface area contributed by atoms with Gasteiger partial charge in [-0.25, -0.2) is 4.39 Å². The van der Waals surface area contributed by atoms with E-state index in [1.165, 1.54) is 26.4 Å². The van der Waals surface area contributed by atoms with Gasteiger partial charge < -0.3 is 32.0 Å². The normalized spacial score (nSPS) is 14.2. The molecule has 0 heterocycles. The Balaban J connectivity index is 2.09. The predicted molar refractivity (Wildman–Crippen MR) is 106 cm³/mol. The van der Waals surface area contributed by atoms with Gasteiger partial charge >= 0.3 is 0 Å². The van der Waals surface area contributed by atoms with Gasteiger partial charge in [-0.3, -0.25) is 4.79 Å². The van der Waals surface area contributed by atoms with Crippen molar-refractivity contribution in [1.82, 2.24) is 5.32 Å². The molecule has 2 aromatic rings. The van der Waals surface area contributed by atoms with Crippen LogP contribution in [0.15, 0.2) is 36.0 Å². The fourth-order valence-corrected chi connectivity index (χ4v) is 2.86. The van der Waals surface area contributed by atoms with Gasteiger partial charge in [-0.1, -0.05) is 0 Å². The SMILES string of the molecule is COc1ccc(-c2c(F)ccc(/C(N)=C(\N)C(=O)NC3CC3)c2N)c(OC)c1. The second kappa shape index (κ2) is 7.67. The van der Waals surface area contributed by atoms with Crippen LogP contribution in [0.2, 0.25) is 0 Å². The number of carbonyl (C=O) groups is 1. The van der Waals surface area contributed by atoms with Crippen molar-refractivity contribution in [3.63, 3.8) is 0 Å². The van der Waals surface area contributed by atoms with Gasteiger partial charge in [0.2, 0.25) is 0 Å². The van der Waals surface area contributed by atoms with Crippen LogP contribution in [0.1, 0.15) is 18.4 Å². The minimum absolute atomic E-state index is 0.00983. The largest absolute Gasteiger partial charge is 0.497 e. The molecule has 1 amide bonds. The number of amides is 1. The molecule has 0 aromatic heterocycles. The molecule has 1 aliphatic rings. The third kappa shape index (κ3) is 3.66. The molecule has 0 spiro atoms. The maximum absolute atomic E-state index is 14.7. The van der Waals surface area contributed by atoms with Crippen LogP contribution in [0.25, 0.3) is 16.8 Å². The van der Waals surface area contributed by atoms with Gasteiger partial charge in [0.05, 0.1) is 25.6 Å². The van der Waals surface area contributed by atoms with Crippen molar-refractivity contribution >= 4 is 17.3 Å². The summed E-state index contributed by atoms with van der Waals surface area (Å²) >= 11 is 0. The Morgan fingerprint density at radius 2 is 1.86 bits per heavy atom. The molecule has 8 heteroatoms. The lowest BCUT2D eigenvalue weighted by atomic mass is 9.96. The molecule has 2 aromatic carbocycles. The zero-order chi connectivity index (χ0) is 20.4. The Morgan fingerprint density at radius 1 is 1.14 bits per heavy atom. The second-order valence-electron chi connectivity index (χ2n) is 6.52. The number of nitrogens with one attached hydrogen (secondary N) is 1. The third-order valence-corrected chi connectivity index (χ3v) is 4.61. The van der Waals surface area contributed by atoms with Gasteiger partial charge in [-0.05, 0) is 37.1 Å². The number of halogens is 1. The summed E-state index contributed by atoms with van der Waals surface area (Å²) in [7, 11) is 2.98. The molecule has 0 aliphatic heterocycles. The Labute approximate surface area is 162 Å². The molecule has 0 radical (unpaired) electrons. The van der Waals surface area contributed by atoms with Crippen LogP contribution in [-0.2, 0) is 4.79 Å². The molecule has 0 atom stereocenters. The number of anilines is 1. The molecule has 3 rings (SSSR count). The molecule has 1 saturated carbocycles. The monoisotopic (exact) mass is 386 g/mol. The number of methoxy groups -OCH3 is 2. The van der Waals surface area contributed by atoms with E-state index >= 15 is 0 Å². The highest BCUT2D eigenvalue weighted by Gasteiger charge is 2.26. The highest BCUT2D eigenvalue weighted by Crippen LogP contribution is 2.40. The molecular weight excluding hydrogens is 363 g/mol. The first-order valence-corrected chi connectivity index (χ1v) is 8.74. The molecule has 0 bridgehead atoms. The zero-order valence-electron chi connectivity index (χ0n) is 15.7. The zero-order valence-corrected chi connectivity index (χ0v) is 15.7. The summed E-state index contributed by atoms with van der Waals surface area (Å²) in [5, 5.41) is 2.76. The molecule has 148 valence electrons. The van der Waals surface area contributed by atoms with Gasteiger partial charge in [-0.15, -0.1) is 0 Å². The van der Waals surface area contributed by atoms with E-state index in [0.29, 0.717) is 17.1 Å². The summed E-state index contributed by atoms with van der Waals surface area (Å²) in [6.07, 6.45) is 1.83. The molecule has 0 unspecified atom stereocenters. The van der Waals surface area contributed by atoms with Gasteiger partial charge in [0.15, 0.2) is 0 Å². The van der Waals surface area contributed by atoms with E-state index in [0.717, 1.165) is 12.8 Å². The van der Waals surface area contributed by atoms with Crippen LogP contribution < -0.4 is 32.0 Å². The van der Waals surface area contributed by atoms with E-state index in [1.54, 1.807) is 18.2 Å². The van der Waals surface area contributed by atoms with E-state index in [9.17, 15) is 9.18 Å². The van der Waals surface area contributed by atoms with Crippen molar-refractivity contribution in [2.45, 2.75) is 18.9 Å². The lowest BCUT2D eigenvalue weighted by Crippen LogP contribution is -2.32. The maximum atomic E-state index is 14.7. The van der Waals surface area contributed by atoms with Crippen LogP contribution in [0.5, 0.6) is 11.5 Å². The van der Waals surface area contributed by atoms with E-state index in [-0.39, 0.29) is 34.3 Å². The fraction of sp³-hybridized carbons (Fsp3) is 0.250. The van der Waals surface area contributed by atoms with E-state index < -0.39 is 11.7 Å². The Morgan fingerprint density at radius 3 is 2.46 bits per heavy atom. The summed E-state index contributed by atoms with van der Waals surface area (Å²) in [6.45, 7) is 0. The van der Waals surface area contributed by atoms with E-state index in [1.807, 2.05) is 0 Å². The first-order chi connectivity index (χ1) is 13.4. The number of benzene rings is 2. The number of rotatable bonds is 6. The predicted octanol–water partition coefficient (Wildman–Crippen LogP) is 1.96. The van der Waals surface area contributed by atoms with Crippen LogP contribution >= 0.6 is 0 Å². The standard InChI is InChI=1S/C20H23FN4O3/c1-27-11-5-6-12(15(9-11)28-2)16-14(21)8-7-13(17(16)22)18(23)19(24)20(26)25-10-3-4-10/h5-10H,3-4,22-24H2,1-2H3,(H,25,26)/b19-18+. The Kier molecular flexibility index (Phi) is 5.30. The molecular formula is C20H23FN4O3. The lowest BCUT2D eigenvalue weighted by Gasteiger charge is -2.17. The average molecular weight is 386 g/mol. The van der Waals surface area contributed by atoms with Gasteiger partial charge in [0, 0.05) is 28.8 Å². The highest BCUT2D eigenvalue weighted by atomic mass is 19.1.